The van der Waals surface area contributed by atoms with Crippen LogP contribution in [-0.4, -0.2) is 60.9 Å². The van der Waals surface area contributed by atoms with Crippen LogP contribution >= 0.6 is 0 Å². The molecule has 0 bridgehead atoms. The Hall–Kier alpha value is -3.20. The zero-order valence-corrected chi connectivity index (χ0v) is 19.7. The lowest BCUT2D eigenvalue weighted by Gasteiger charge is -2.29. The van der Waals surface area contributed by atoms with Gasteiger partial charge in [-0.25, -0.2) is 4.79 Å². The maximum absolute atomic E-state index is 13.5. The highest BCUT2D eigenvalue weighted by atomic mass is 16.7. The van der Waals surface area contributed by atoms with E-state index >= 15 is 0 Å². The van der Waals surface area contributed by atoms with Crippen molar-refractivity contribution in [2.45, 2.75) is 51.8 Å². The average molecular weight is 472 g/mol. The van der Waals surface area contributed by atoms with Crippen LogP contribution in [0.1, 0.15) is 43.9 Å². The number of nitrogens with zero attached hydrogens (tertiary/aromatic N) is 2. The quantitative estimate of drug-likeness (QED) is 0.504. The standard InChI is InChI=1S/C25H33N3O6/c1-2-3-10-26-25(30)28(16-21-7-5-12-32-21)17-24(29)27(15-20-6-4-11-31-20)14-19-8-9-22-23(13-19)34-18-33-22/h4,6,8-9,11,13,21H,2-3,5,7,10,12,14-18H2,1H3,(H,26,30). The second kappa shape index (κ2) is 11.8. The predicted octanol–water partition coefficient (Wildman–Crippen LogP) is 3.53. The molecule has 1 N–H and O–H groups in total. The van der Waals surface area contributed by atoms with Crippen molar-refractivity contribution in [3.63, 3.8) is 0 Å². The number of furan rings is 1. The molecule has 1 fully saturated rings. The number of ether oxygens (including phenoxy) is 3. The van der Waals surface area contributed by atoms with Gasteiger partial charge in [0.15, 0.2) is 11.5 Å². The molecule has 1 unspecified atom stereocenters. The normalized spacial score (nSPS) is 16.4. The molecule has 2 aliphatic rings. The summed E-state index contributed by atoms with van der Waals surface area (Å²) in [5.74, 6) is 1.86. The Morgan fingerprint density at radius 1 is 1.12 bits per heavy atom. The summed E-state index contributed by atoms with van der Waals surface area (Å²) in [6.07, 6.45) is 5.28. The molecule has 0 saturated carbocycles. The molecule has 9 heteroatoms. The van der Waals surface area contributed by atoms with Gasteiger partial charge in [-0.15, -0.1) is 0 Å². The minimum absolute atomic E-state index is 0.0386. The number of rotatable bonds is 11. The van der Waals surface area contributed by atoms with E-state index in [4.69, 9.17) is 18.6 Å². The molecule has 34 heavy (non-hydrogen) atoms. The second-order valence-corrected chi connectivity index (χ2v) is 8.62. The fourth-order valence-electron chi connectivity index (χ4n) is 4.08. The summed E-state index contributed by atoms with van der Waals surface area (Å²) < 4.78 is 22.1. The van der Waals surface area contributed by atoms with Crippen LogP contribution in [-0.2, 0) is 22.6 Å². The Balaban J connectivity index is 1.47. The Labute approximate surface area is 199 Å². The van der Waals surface area contributed by atoms with Gasteiger partial charge in [-0.3, -0.25) is 4.79 Å². The first-order chi connectivity index (χ1) is 16.6. The minimum atomic E-state index is -0.238. The topological polar surface area (TPSA) is 93.5 Å². The number of unbranched alkanes of at least 4 members (excludes halogenated alkanes) is 1. The van der Waals surface area contributed by atoms with Gasteiger partial charge in [0.25, 0.3) is 0 Å². The van der Waals surface area contributed by atoms with Gasteiger partial charge in [-0.2, -0.15) is 0 Å². The molecule has 184 valence electrons. The van der Waals surface area contributed by atoms with Crippen LogP contribution in [0.3, 0.4) is 0 Å². The highest BCUT2D eigenvalue weighted by Gasteiger charge is 2.27. The van der Waals surface area contributed by atoms with Gasteiger partial charge in [0.1, 0.15) is 12.3 Å². The average Bonchev–Trinajstić information content (AvgIpc) is 3.61. The van der Waals surface area contributed by atoms with E-state index in [2.05, 4.69) is 12.2 Å². The summed E-state index contributed by atoms with van der Waals surface area (Å²) >= 11 is 0. The molecular formula is C25H33N3O6. The maximum Gasteiger partial charge on any atom is 0.317 e. The van der Waals surface area contributed by atoms with Gasteiger partial charge in [-0.05, 0) is 49.1 Å². The van der Waals surface area contributed by atoms with Gasteiger partial charge in [0, 0.05) is 26.2 Å². The lowest BCUT2D eigenvalue weighted by molar-refractivity contribution is -0.133. The summed E-state index contributed by atoms with van der Waals surface area (Å²) in [4.78, 5) is 29.7. The van der Waals surface area contributed by atoms with E-state index in [-0.39, 0.29) is 31.4 Å². The number of benzene rings is 1. The predicted molar refractivity (Wildman–Crippen MR) is 124 cm³/mol. The smallest absolute Gasteiger partial charge is 0.317 e. The highest BCUT2D eigenvalue weighted by molar-refractivity contribution is 5.84. The third-order valence-electron chi connectivity index (χ3n) is 5.96. The molecule has 0 spiro atoms. The molecular weight excluding hydrogens is 438 g/mol. The lowest BCUT2D eigenvalue weighted by atomic mass is 10.1. The molecule has 9 nitrogen and oxygen atoms in total. The highest BCUT2D eigenvalue weighted by Crippen LogP contribution is 2.33. The third-order valence-corrected chi connectivity index (χ3v) is 5.96. The van der Waals surface area contributed by atoms with Crippen molar-refractivity contribution < 1.29 is 28.2 Å². The van der Waals surface area contributed by atoms with Crippen molar-refractivity contribution in [1.29, 1.82) is 0 Å². The van der Waals surface area contributed by atoms with Crippen molar-refractivity contribution in [1.82, 2.24) is 15.1 Å². The molecule has 1 aromatic heterocycles. The summed E-state index contributed by atoms with van der Waals surface area (Å²) in [6.45, 7) is 4.54. The minimum Gasteiger partial charge on any atom is -0.467 e. The van der Waals surface area contributed by atoms with E-state index in [1.54, 1.807) is 22.1 Å². The van der Waals surface area contributed by atoms with Crippen molar-refractivity contribution >= 4 is 11.9 Å². The number of carbonyl (C=O) groups is 2. The van der Waals surface area contributed by atoms with Crippen LogP contribution in [0.4, 0.5) is 4.79 Å². The van der Waals surface area contributed by atoms with Crippen molar-refractivity contribution in [3.05, 3.63) is 47.9 Å². The van der Waals surface area contributed by atoms with Crippen molar-refractivity contribution in [2.75, 3.05) is 33.0 Å². The molecule has 2 aromatic rings. The SMILES string of the molecule is CCCCNC(=O)N(CC(=O)N(Cc1ccc2c(c1)OCO2)Cc1ccco1)CC1CCCO1. The van der Waals surface area contributed by atoms with E-state index in [1.165, 1.54) is 0 Å². The van der Waals surface area contributed by atoms with Crippen molar-refractivity contribution in [2.24, 2.45) is 0 Å². The largest absolute Gasteiger partial charge is 0.467 e. The molecule has 2 aliphatic heterocycles. The Morgan fingerprint density at radius 3 is 2.76 bits per heavy atom. The van der Waals surface area contributed by atoms with Gasteiger partial charge in [0.05, 0.1) is 18.9 Å². The Kier molecular flexibility index (Phi) is 8.30. The number of fused-ring (bicyclic) bond motifs is 1. The number of hydrogen-bond acceptors (Lipinski definition) is 6. The summed E-state index contributed by atoms with van der Waals surface area (Å²) in [7, 11) is 0. The number of urea groups is 1. The van der Waals surface area contributed by atoms with Crippen LogP contribution < -0.4 is 14.8 Å². The van der Waals surface area contributed by atoms with Crippen molar-refractivity contribution in [3.8, 4) is 11.5 Å². The zero-order chi connectivity index (χ0) is 23.8. The van der Waals surface area contributed by atoms with E-state index in [0.29, 0.717) is 50.0 Å². The molecule has 1 aromatic carbocycles. The lowest BCUT2D eigenvalue weighted by Crippen LogP contribution is -2.49. The summed E-state index contributed by atoms with van der Waals surface area (Å²) in [5.41, 5.74) is 0.905. The molecule has 3 amide bonds. The number of amides is 3. The Bertz CT molecular complexity index is 942. The van der Waals surface area contributed by atoms with Gasteiger partial charge < -0.3 is 33.7 Å². The first-order valence-electron chi connectivity index (χ1n) is 12.0. The molecule has 0 radical (unpaired) electrons. The summed E-state index contributed by atoms with van der Waals surface area (Å²) in [6, 6.07) is 9.03. The molecule has 3 heterocycles. The third kappa shape index (κ3) is 6.44. The van der Waals surface area contributed by atoms with E-state index in [1.807, 2.05) is 24.3 Å². The monoisotopic (exact) mass is 471 g/mol. The van der Waals surface area contributed by atoms with Gasteiger partial charge in [0.2, 0.25) is 12.7 Å². The van der Waals surface area contributed by atoms with Crippen LogP contribution in [0, 0.1) is 0 Å². The fourth-order valence-corrected chi connectivity index (χ4v) is 4.08. The molecule has 1 atom stereocenters. The first kappa shape index (κ1) is 23.9. The van der Waals surface area contributed by atoms with E-state index in [9.17, 15) is 9.59 Å². The first-order valence-corrected chi connectivity index (χ1v) is 12.0. The van der Waals surface area contributed by atoms with Crippen LogP contribution in [0.2, 0.25) is 0 Å². The van der Waals surface area contributed by atoms with Gasteiger partial charge in [-0.1, -0.05) is 19.4 Å². The number of nitrogens with one attached hydrogen (secondary N) is 1. The second-order valence-electron chi connectivity index (χ2n) is 8.62. The van der Waals surface area contributed by atoms with Gasteiger partial charge >= 0.3 is 6.03 Å². The number of carbonyl (C=O) groups excluding carboxylic acids is 2. The molecule has 0 aliphatic carbocycles. The zero-order valence-electron chi connectivity index (χ0n) is 19.7. The summed E-state index contributed by atoms with van der Waals surface area (Å²) in [5, 5.41) is 2.94. The van der Waals surface area contributed by atoms with Crippen LogP contribution in [0.5, 0.6) is 11.5 Å². The maximum atomic E-state index is 13.5. The Morgan fingerprint density at radius 2 is 2.00 bits per heavy atom. The van der Waals surface area contributed by atoms with E-state index in [0.717, 1.165) is 31.2 Å². The fraction of sp³-hybridized carbons (Fsp3) is 0.520. The molecule has 1 saturated heterocycles. The molecule has 4 rings (SSSR count). The van der Waals surface area contributed by atoms with E-state index < -0.39 is 0 Å². The van der Waals surface area contributed by atoms with Crippen LogP contribution in [0.25, 0.3) is 0 Å². The van der Waals surface area contributed by atoms with Crippen LogP contribution in [0.15, 0.2) is 41.0 Å². The number of hydrogen-bond donors (Lipinski definition) is 1.